The lowest BCUT2D eigenvalue weighted by Gasteiger charge is -2.29. The third-order valence-electron chi connectivity index (χ3n) is 7.77. The molecule has 0 spiro atoms. The molecule has 0 radical (unpaired) electrons. The van der Waals surface area contributed by atoms with E-state index >= 15 is 0 Å². The highest BCUT2D eigenvalue weighted by Gasteiger charge is 2.26. The first-order chi connectivity index (χ1) is 20.9. The number of nitrogens with zero attached hydrogens (tertiary/aromatic N) is 4. The number of anilines is 1. The fourth-order valence-electron chi connectivity index (χ4n) is 5.58. The van der Waals surface area contributed by atoms with Crippen LogP contribution in [-0.4, -0.2) is 65.9 Å². The van der Waals surface area contributed by atoms with Crippen molar-refractivity contribution in [3.63, 3.8) is 0 Å². The molecule has 8 heteroatoms. The molecule has 0 N–H and O–H groups in total. The molecule has 0 saturated heterocycles. The van der Waals surface area contributed by atoms with Crippen LogP contribution in [0.5, 0.6) is 5.75 Å². The molecule has 2 amide bonds. The number of pyridine rings is 1. The molecule has 0 fully saturated rings. The van der Waals surface area contributed by atoms with Crippen molar-refractivity contribution >= 4 is 29.1 Å². The van der Waals surface area contributed by atoms with Gasteiger partial charge < -0.3 is 19.4 Å². The number of aromatic nitrogens is 1. The summed E-state index contributed by atoms with van der Waals surface area (Å²) in [5.74, 6) is 0.998. The van der Waals surface area contributed by atoms with E-state index in [1.807, 2.05) is 78.2 Å². The molecule has 1 aliphatic rings. The lowest BCUT2D eigenvalue weighted by Crippen LogP contribution is -2.38. The molecule has 0 unspecified atom stereocenters. The molecule has 4 rings (SSSR count). The van der Waals surface area contributed by atoms with Crippen LogP contribution in [0.2, 0.25) is 5.02 Å². The van der Waals surface area contributed by atoms with Crippen molar-refractivity contribution in [2.75, 3.05) is 38.1 Å². The highest BCUT2D eigenvalue weighted by Crippen LogP contribution is 2.34. The molecule has 3 aromatic rings. The minimum atomic E-state index is -0.0648. The average Bonchev–Trinajstić information content (AvgIpc) is 2.99. The van der Waals surface area contributed by atoms with Crippen molar-refractivity contribution in [1.29, 1.82) is 0 Å². The third kappa shape index (κ3) is 8.39. The minimum Gasteiger partial charge on any atom is -0.490 e. The first kappa shape index (κ1) is 33.5. The van der Waals surface area contributed by atoms with Gasteiger partial charge in [0.1, 0.15) is 5.75 Å². The number of rotatable bonds is 7. The van der Waals surface area contributed by atoms with E-state index < -0.39 is 0 Å². The second kappa shape index (κ2) is 15.0. The van der Waals surface area contributed by atoms with Gasteiger partial charge in [0.15, 0.2) is 0 Å². The number of ether oxygens (including phenoxy) is 1. The molecule has 44 heavy (non-hydrogen) atoms. The Bertz CT molecular complexity index is 1460. The Morgan fingerprint density at radius 3 is 2.39 bits per heavy atom. The van der Waals surface area contributed by atoms with Crippen LogP contribution in [0.4, 0.5) is 5.69 Å². The molecule has 0 bridgehead atoms. The number of amides is 2. The molecule has 0 saturated carbocycles. The van der Waals surface area contributed by atoms with Crippen molar-refractivity contribution < 1.29 is 14.3 Å². The van der Waals surface area contributed by atoms with E-state index in [9.17, 15) is 9.59 Å². The summed E-state index contributed by atoms with van der Waals surface area (Å²) in [6.07, 6.45) is 1.32. The van der Waals surface area contributed by atoms with E-state index in [4.69, 9.17) is 21.3 Å². The van der Waals surface area contributed by atoms with Gasteiger partial charge in [-0.15, -0.1) is 0 Å². The highest BCUT2D eigenvalue weighted by molar-refractivity contribution is 6.30. The van der Waals surface area contributed by atoms with Crippen LogP contribution >= 0.6 is 11.6 Å². The Morgan fingerprint density at radius 2 is 1.68 bits per heavy atom. The zero-order valence-corrected chi connectivity index (χ0v) is 28.0. The average molecular weight is 619 g/mol. The molecule has 7 nitrogen and oxygen atoms in total. The summed E-state index contributed by atoms with van der Waals surface area (Å²) < 4.78 is 6.07. The van der Waals surface area contributed by atoms with E-state index in [0.29, 0.717) is 42.4 Å². The maximum absolute atomic E-state index is 14.4. The van der Waals surface area contributed by atoms with Gasteiger partial charge in [0.25, 0.3) is 5.91 Å². The first-order valence-corrected chi connectivity index (χ1v) is 16.2. The van der Waals surface area contributed by atoms with Gasteiger partial charge >= 0.3 is 0 Å². The van der Waals surface area contributed by atoms with Crippen LogP contribution in [0, 0.1) is 5.92 Å². The molecule has 1 aliphatic heterocycles. The molecule has 0 aliphatic carbocycles. The SMILES string of the molecule is CC(C)CC(=O)N1CCCN(C)CCN(C(=O)c2ccc(-c3ccc(Cl)cc3OC(C)C)nc2C(C)C)Cc2ccccc21. The fourth-order valence-corrected chi connectivity index (χ4v) is 5.74. The Labute approximate surface area is 268 Å². The molecule has 1 aromatic heterocycles. The van der Waals surface area contributed by atoms with Gasteiger partial charge in [0, 0.05) is 48.9 Å². The zero-order valence-electron chi connectivity index (χ0n) is 27.3. The lowest BCUT2D eigenvalue weighted by atomic mass is 9.99. The maximum Gasteiger partial charge on any atom is 0.256 e. The largest absolute Gasteiger partial charge is 0.490 e. The smallest absolute Gasteiger partial charge is 0.256 e. The summed E-state index contributed by atoms with van der Waals surface area (Å²) in [4.78, 5) is 38.9. The Kier molecular flexibility index (Phi) is 11.4. The van der Waals surface area contributed by atoms with Crippen LogP contribution in [0.3, 0.4) is 0 Å². The summed E-state index contributed by atoms with van der Waals surface area (Å²) in [5, 5.41) is 0.592. The van der Waals surface area contributed by atoms with Crippen LogP contribution in [-0.2, 0) is 11.3 Å². The van der Waals surface area contributed by atoms with Crippen molar-refractivity contribution in [2.24, 2.45) is 5.92 Å². The predicted octanol–water partition coefficient (Wildman–Crippen LogP) is 7.67. The standard InChI is InChI=1S/C36H47ClN4O3/c1-24(2)21-34(42)41-18-10-17-39(7)19-20-40(23-27-11-8-9-12-32(27)41)36(43)30-15-16-31(38-35(30)25(3)4)29-14-13-28(37)22-33(29)44-26(5)6/h8-9,11-16,22,24-26H,10,17-21,23H2,1-7H3. The number of hydrogen-bond donors (Lipinski definition) is 0. The Morgan fingerprint density at radius 1 is 0.932 bits per heavy atom. The number of para-hydroxylation sites is 1. The number of halogens is 1. The van der Waals surface area contributed by atoms with Crippen molar-refractivity contribution in [3.05, 3.63) is 76.4 Å². The third-order valence-corrected chi connectivity index (χ3v) is 8.01. The topological polar surface area (TPSA) is 66.0 Å². The minimum absolute atomic E-state index is 0.0127. The summed E-state index contributed by atoms with van der Waals surface area (Å²) in [6, 6.07) is 17.4. The van der Waals surface area contributed by atoms with Crippen molar-refractivity contribution in [3.8, 4) is 17.0 Å². The van der Waals surface area contributed by atoms with Gasteiger partial charge in [-0.1, -0.05) is 57.5 Å². The lowest BCUT2D eigenvalue weighted by molar-refractivity contribution is -0.119. The number of hydrogen-bond acceptors (Lipinski definition) is 5. The van der Waals surface area contributed by atoms with Crippen LogP contribution in [0.25, 0.3) is 11.3 Å². The van der Waals surface area contributed by atoms with E-state index in [2.05, 4.69) is 39.6 Å². The second-order valence-corrected chi connectivity index (χ2v) is 13.2. The summed E-state index contributed by atoms with van der Waals surface area (Å²) in [7, 11) is 2.08. The molecule has 0 atom stereocenters. The number of benzene rings is 2. The molecule has 2 aromatic carbocycles. The highest BCUT2D eigenvalue weighted by atomic mass is 35.5. The predicted molar refractivity (Wildman–Crippen MR) is 180 cm³/mol. The van der Waals surface area contributed by atoms with Gasteiger partial charge in [0.05, 0.1) is 23.1 Å². The van der Waals surface area contributed by atoms with E-state index in [1.165, 1.54) is 0 Å². The normalized spacial score (nSPS) is 15.0. The van der Waals surface area contributed by atoms with E-state index in [0.717, 1.165) is 47.7 Å². The molecule has 2 heterocycles. The Hall–Kier alpha value is -3.42. The second-order valence-electron chi connectivity index (χ2n) is 12.7. The molecule has 236 valence electrons. The summed E-state index contributed by atoms with van der Waals surface area (Å²) >= 11 is 6.30. The quantitative estimate of drug-likeness (QED) is 0.272. The van der Waals surface area contributed by atoms with Crippen molar-refractivity contribution in [1.82, 2.24) is 14.8 Å². The molecular weight excluding hydrogens is 572 g/mol. The number of carbonyl (C=O) groups is 2. The van der Waals surface area contributed by atoms with Crippen LogP contribution in [0.15, 0.2) is 54.6 Å². The maximum atomic E-state index is 14.4. The van der Waals surface area contributed by atoms with Gasteiger partial charge in [-0.3, -0.25) is 14.6 Å². The molecular formula is C36H47ClN4O3. The Balaban J connectivity index is 1.73. The summed E-state index contributed by atoms with van der Waals surface area (Å²) in [5.41, 5.74) is 4.75. The van der Waals surface area contributed by atoms with Gasteiger partial charge in [-0.2, -0.15) is 0 Å². The number of carbonyl (C=O) groups excluding carboxylic acids is 2. The van der Waals surface area contributed by atoms with Gasteiger partial charge in [0.2, 0.25) is 5.91 Å². The zero-order chi connectivity index (χ0) is 32.0. The van der Waals surface area contributed by atoms with E-state index in [-0.39, 0.29) is 29.8 Å². The van der Waals surface area contributed by atoms with E-state index in [1.54, 1.807) is 0 Å². The number of likely N-dealkylation sites (N-methyl/N-ethyl adjacent to an activating group) is 1. The fraction of sp³-hybridized carbons (Fsp3) is 0.472. The van der Waals surface area contributed by atoms with Gasteiger partial charge in [-0.25, -0.2) is 0 Å². The first-order valence-electron chi connectivity index (χ1n) is 15.8. The number of fused-ring (bicyclic) bond motifs is 1. The monoisotopic (exact) mass is 618 g/mol. The summed E-state index contributed by atoms with van der Waals surface area (Å²) in [6.45, 7) is 15.4. The van der Waals surface area contributed by atoms with Crippen molar-refractivity contribution in [2.45, 2.75) is 73.0 Å². The van der Waals surface area contributed by atoms with Crippen LogP contribution in [0.1, 0.15) is 81.9 Å². The van der Waals surface area contributed by atoms with Crippen LogP contribution < -0.4 is 9.64 Å². The van der Waals surface area contributed by atoms with Gasteiger partial charge in [-0.05, 0) is 87.7 Å².